The molecule has 284 valence electrons. The van der Waals surface area contributed by atoms with Gasteiger partial charge in [0, 0.05) is 68.5 Å². The van der Waals surface area contributed by atoms with Gasteiger partial charge in [0.05, 0.1) is 10.5 Å². The van der Waals surface area contributed by atoms with Crippen LogP contribution in [-0.4, -0.2) is 11.3 Å². The fourth-order valence-corrected chi connectivity index (χ4v) is 13.5. The summed E-state index contributed by atoms with van der Waals surface area (Å²) in [6, 6.07) is 64.2. The predicted octanol–water partition coefficient (Wildman–Crippen LogP) is 14.7. The number of fused-ring (bicyclic) bond motifs is 11. The van der Waals surface area contributed by atoms with Gasteiger partial charge < -0.3 is 9.38 Å². The van der Waals surface area contributed by atoms with Crippen molar-refractivity contribution in [3.63, 3.8) is 0 Å². The van der Waals surface area contributed by atoms with E-state index in [1.807, 2.05) is 34.9 Å². The van der Waals surface area contributed by atoms with Crippen LogP contribution in [0.3, 0.4) is 0 Å². The van der Waals surface area contributed by atoms with Crippen molar-refractivity contribution in [2.45, 2.75) is 45.8 Å². The fraction of sp³-hybridized carbons (Fsp3) is 0.0741. The van der Waals surface area contributed by atoms with E-state index in [1.165, 1.54) is 118 Å². The van der Waals surface area contributed by atoms with E-state index in [4.69, 9.17) is 0 Å². The van der Waals surface area contributed by atoms with Crippen molar-refractivity contribution < 1.29 is 0 Å². The predicted molar refractivity (Wildman–Crippen MR) is 260 cm³/mol. The molecule has 0 spiro atoms. The van der Waals surface area contributed by atoms with Crippen LogP contribution in [0.1, 0.15) is 26.3 Å². The van der Waals surface area contributed by atoms with Crippen molar-refractivity contribution >= 4 is 101 Å². The number of hydrogen-bond acceptors (Lipinski definition) is 4. The van der Waals surface area contributed by atoms with Crippen LogP contribution in [0.4, 0.5) is 17.1 Å². The van der Waals surface area contributed by atoms with Crippen molar-refractivity contribution in [1.82, 2.24) is 4.48 Å². The monoisotopic (exact) mass is 820 g/mol. The molecule has 60 heavy (non-hydrogen) atoms. The molecule has 3 aliphatic rings. The van der Waals surface area contributed by atoms with Crippen LogP contribution in [-0.2, 0) is 5.41 Å². The number of benzene rings is 8. The Balaban J connectivity index is 1.19. The zero-order valence-corrected chi connectivity index (χ0v) is 35.8. The van der Waals surface area contributed by atoms with Crippen LogP contribution in [0, 0.1) is 0 Å². The summed E-state index contributed by atoms with van der Waals surface area (Å²) in [6.07, 6.45) is 0. The third-order valence-electron chi connectivity index (χ3n) is 12.8. The summed E-state index contributed by atoms with van der Waals surface area (Å²) < 4.78 is 4.07. The number of nitrogens with zero attached hydrogens (tertiary/aromatic N) is 2. The largest absolute Gasteiger partial charge is 0.367 e. The first-order valence-electron chi connectivity index (χ1n) is 20.7. The number of aromatic nitrogens is 1. The van der Waals surface area contributed by atoms with E-state index in [0.717, 1.165) is 0 Å². The van der Waals surface area contributed by atoms with Gasteiger partial charge in [-0.15, -0.1) is 11.3 Å². The van der Waals surface area contributed by atoms with E-state index in [-0.39, 0.29) is 12.3 Å². The van der Waals surface area contributed by atoms with Crippen molar-refractivity contribution in [1.29, 1.82) is 0 Å². The highest BCUT2D eigenvalue weighted by molar-refractivity contribution is 8.05. The second kappa shape index (κ2) is 12.8. The highest BCUT2D eigenvalue weighted by Crippen LogP contribution is 2.54. The van der Waals surface area contributed by atoms with Gasteiger partial charge in [-0.25, -0.2) is 0 Å². The van der Waals surface area contributed by atoms with E-state index < -0.39 is 0 Å². The second-order valence-electron chi connectivity index (χ2n) is 17.3. The van der Waals surface area contributed by atoms with Crippen LogP contribution in [0.15, 0.2) is 189 Å². The molecule has 3 aliphatic heterocycles. The molecule has 8 aromatic carbocycles. The highest BCUT2D eigenvalue weighted by Gasteiger charge is 2.45. The Hall–Kier alpha value is -5.92. The molecule has 0 radical (unpaired) electrons. The van der Waals surface area contributed by atoms with E-state index >= 15 is 0 Å². The quantitative estimate of drug-likeness (QED) is 0.164. The molecule has 0 aliphatic carbocycles. The Kier molecular flexibility index (Phi) is 7.44. The molecule has 0 fully saturated rings. The standard InChI is InChI=1S/C54H37BN2S3/c1-54(2,3)35-25-26-42(39(29-35)33-17-8-5-9-18-33)56-43-31-49-48(58-46-23-12-13-24-47(46)59-49)30-41(43)55-51-40(27-34(28-44(51)56)32-15-6-4-7-16-32)36-20-14-21-38-50-37-19-10-11-22-45(37)60-53(50)57(55)52(36)38/h4-31H,1-3H3. The minimum Gasteiger partial charge on any atom is -0.367 e. The van der Waals surface area contributed by atoms with Gasteiger partial charge in [0.1, 0.15) is 0 Å². The summed E-state index contributed by atoms with van der Waals surface area (Å²) in [5, 5.41) is 4.05. The highest BCUT2D eigenvalue weighted by atomic mass is 32.2. The van der Waals surface area contributed by atoms with Gasteiger partial charge in [-0.3, -0.25) is 0 Å². The summed E-state index contributed by atoms with van der Waals surface area (Å²) in [4.78, 5) is 9.25. The van der Waals surface area contributed by atoms with E-state index in [9.17, 15) is 0 Å². The molecule has 0 saturated carbocycles. The average Bonchev–Trinajstić information content (AvgIpc) is 3.82. The zero-order valence-electron chi connectivity index (χ0n) is 33.4. The first kappa shape index (κ1) is 34.9. The Morgan fingerprint density at radius 2 is 1.17 bits per heavy atom. The average molecular weight is 821 g/mol. The third kappa shape index (κ3) is 4.99. The van der Waals surface area contributed by atoms with Crippen molar-refractivity contribution in [3.05, 3.63) is 175 Å². The fourth-order valence-electron chi connectivity index (χ4n) is 10.0. The minimum absolute atomic E-state index is 0.0151. The first-order valence-corrected chi connectivity index (χ1v) is 23.1. The van der Waals surface area contributed by atoms with Gasteiger partial charge in [-0.2, -0.15) is 0 Å². The summed E-state index contributed by atoms with van der Waals surface area (Å²) in [7, 11) is 0. The van der Waals surface area contributed by atoms with E-state index in [1.54, 1.807) is 0 Å². The maximum atomic E-state index is 2.73. The number of anilines is 3. The SMILES string of the molecule is CC(C)(C)c1ccc(N2c3cc4c(cc3B3c5c(cc(-c6ccccc6)cc52)-c2cccc5c6c7ccccc7sc6n3c25)Sc2ccccc2S4)c(-c2ccccc2)c1. The van der Waals surface area contributed by atoms with Crippen LogP contribution in [0.5, 0.6) is 0 Å². The van der Waals surface area contributed by atoms with Crippen molar-refractivity contribution in [3.8, 4) is 33.4 Å². The molecule has 13 rings (SSSR count). The molecule has 0 bridgehead atoms. The molecule has 2 nitrogen and oxygen atoms in total. The Bertz CT molecular complexity index is 3430. The van der Waals surface area contributed by atoms with Crippen LogP contribution in [0.2, 0.25) is 0 Å². The van der Waals surface area contributed by atoms with Crippen LogP contribution in [0.25, 0.3) is 64.6 Å². The molecular formula is C54H37BN2S3. The maximum Gasteiger partial charge on any atom is 0.333 e. The molecule has 5 heterocycles. The van der Waals surface area contributed by atoms with Crippen molar-refractivity contribution in [2.75, 3.05) is 4.90 Å². The molecular weight excluding hydrogens is 784 g/mol. The Labute approximate surface area is 362 Å². The van der Waals surface area contributed by atoms with E-state index in [2.05, 4.69) is 200 Å². The number of thiophene rings is 1. The summed E-state index contributed by atoms with van der Waals surface area (Å²) in [5.74, 6) is 0. The van der Waals surface area contributed by atoms with E-state index in [0.29, 0.717) is 0 Å². The lowest BCUT2D eigenvalue weighted by Gasteiger charge is -2.42. The normalized spacial score (nSPS) is 13.7. The molecule has 10 aromatic rings. The lowest BCUT2D eigenvalue weighted by molar-refractivity contribution is 0.590. The summed E-state index contributed by atoms with van der Waals surface area (Å²) >= 11 is 5.76. The van der Waals surface area contributed by atoms with Gasteiger partial charge >= 0.3 is 6.85 Å². The summed E-state index contributed by atoms with van der Waals surface area (Å²) in [6.45, 7) is 6.93. The number of rotatable bonds is 3. The van der Waals surface area contributed by atoms with Gasteiger partial charge in [-0.05, 0) is 98.8 Å². The first-order chi connectivity index (χ1) is 29.4. The molecule has 6 heteroatoms. The van der Waals surface area contributed by atoms with Crippen molar-refractivity contribution in [2.24, 2.45) is 0 Å². The Morgan fingerprint density at radius 1 is 0.483 bits per heavy atom. The lowest BCUT2D eigenvalue weighted by atomic mass is 9.45. The third-order valence-corrected chi connectivity index (χ3v) is 16.5. The number of para-hydroxylation sites is 1. The summed E-state index contributed by atoms with van der Waals surface area (Å²) in [5.41, 5.74) is 16.6. The lowest BCUT2D eigenvalue weighted by Crippen LogP contribution is -2.56. The van der Waals surface area contributed by atoms with Gasteiger partial charge in [0.25, 0.3) is 0 Å². The minimum atomic E-state index is -0.0314. The number of hydrogen-bond donors (Lipinski definition) is 0. The second-order valence-corrected chi connectivity index (χ2v) is 20.5. The molecule has 0 saturated heterocycles. The molecule has 0 N–H and O–H groups in total. The zero-order chi connectivity index (χ0) is 39.9. The molecule has 2 aromatic heterocycles. The van der Waals surface area contributed by atoms with Gasteiger partial charge in [0.15, 0.2) is 0 Å². The Morgan fingerprint density at radius 3 is 1.93 bits per heavy atom. The van der Waals surface area contributed by atoms with Gasteiger partial charge in [-0.1, -0.05) is 160 Å². The van der Waals surface area contributed by atoms with Crippen LogP contribution >= 0.6 is 34.9 Å². The molecule has 0 atom stereocenters. The molecule has 0 amide bonds. The smallest absolute Gasteiger partial charge is 0.333 e. The molecule has 0 unspecified atom stereocenters. The van der Waals surface area contributed by atoms with Crippen LogP contribution < -0.4 is 15.8 Å². The maximum absolute atomic E-state index is 2.73. The van der Waals surface area contributed by atoms with Gasteiger partial charge in [0.2, 0.25) is 0 Å². The topological polar surface area (TPSA) is 8.17 Å².